The standard InChI is InChI=1S/C13H17N2O4S/c1-3-4-5-10-13(16)14-12-9(15(17)18)6-8(19-2)7-11(12)20-10/h6-7,10,17H,3-5H2,1-2H3,(H,14,16)/q-1. The zero-order chi connectivity index (χ0) is 14.7. The summed E-state index contributed by atoms with van der Waals surface area (Å²) in [4.78, 5) is 12.8. The highest BCUT2D eigenvalue weighted by molar-refractivity contribution is 8.01. The first-order chi connectivity index (χ1) is 9.56. The lowest BCUT2D eigenvalue weighted by molar-refractivity contribution is -0.115. The van der Waals surface area contributed by atoms with Crippen molar-refractivity contribution in [3.8, 4) is 5.75 Å². The van der Waals surface area contributed by atoms with Crippen molar-refractivity contribution in [2.24, 2.45) is 0 Å². The SMILES string of the molecule is CCCCC1Sc2cc(OC)cc(N([O-])O)c2NC1=O. The second-order valence-electron chi connectivity index (χ2n) is 4.53. The van der Waals surface area contributed by atoms with E-state index >= 15 is 0 Å². The molecule has 0 aliphatic carbocycles. The number of hydrogen-bond donors (Lipinski definition) is 2. The summed E-state index contributed by atoms with van der Waals surface area (Å²) < 4.78 is 5.11. The van der Waals surface area contributed by atoms with Gasteiger partial charge < -0.3 is 20.5 Å². The van der Waals surface area contributed by atoms with E-state index in [0.29, 0.717) is 11.4 Å². The number of nitrogens with zero attached hydrogens (tertiary/aromatic N) is 1. The number of carbonyl (C=O) groups is 1. The van der Waals surface area contributed by atoms with Crippen LogP contribution in [-0.4, -0.2) is 23.5 Å². The molecule has 2 rings (SSSR count). The van der Waals surface area contributed by atoms with Crippen LogP contribution in [0.3, 0.4) is 0 Å². The van der Waals surface area contributed by atoms with Crippen molar-refractivity contribution in [3.63, 3.8) is 0 Å². The number of nitrogens with one attached hydrogen (secondary N) is 1. The number of anilines is 2. The van der Waals surface area contributed by atoms with Gasteiger partial charge in [0.25, 0.3) is 0 Å². The van der Waals surface area contributed by atoms with Gasteiger partial charge in [0.15, 0.2) is 0 Å². The third kappa shape index (κ3) is 3.00. The lowest BCUT2D eigenvalue weighted by atomic mass is 10.1. The largest absolute Gasteiger partial charge is 0.733 e. The maximum atomic E-state index is 12.0. The molecular formula is C13H17N2O4S-. The summed E-state index contributed by atoms with van der Waals surface area (Å²) >= 11 is 1.40. The number of unbranched alkanes of at least 4 members (excludes halogenated alkanes) is 1. The monoisotopic (exact) mass is 297 g/mol. The van der Waals surface area contributed by atoms with E-state index in [1.165, 1.54) is 24.9 Å². The van der Waals surface area contributed by atoms with E-state index in [4.69, 9.17) is 9.94 Å². The maximum absolute atomic E-state index is 12.0. The van der Waals surface area contributed by atoms with Gasteiger partial charge in [-0.05, 0) is 12.5 Å². The number of benzene rings is 1. The number of fused-ring (bicyclic) bond motifs is 1. The predicted molar refractivity (Wildman–Crippen MR) is 78.4 cm³/mol. The normalized spacial score (nSPS) is 17.4. The van der Waals surface area contributed by atoms with Crippen LogP contribution >= 0.6 is 11.8 Å². The Kier molecular flexibility index (Phi) is 4.74. The molecule has 0 spiro atoms. The molecule has 7 heteroatoms. The summed E-state index contributed by atoms with van der Waals surface area (Å²) in [5.74, 6) is 0.329. The summed E-state index contributed by atoms with van der Waals surface area (Å²) in [7, 11) is 1.48. The van der Waals surface area contributed by atoms with Crippen LogP contribution in [-0.2, 0) is 4.79 Å². The van der Waals surface area contributed by atoms with Crippen LogP contribution in [0.1, 0.15) is 26.2 Å². The van der Waals surface area contributed by atoms with Crippen LogP contribution in [0.4, 0.5) is 11.4 Å². The quantitative estimate of drug-likeness (QED) is 0.813. The Hall–Kier alpha value is -1.44. The molecule has 6 nitrogen and oxygen atoms in total. The van der Waals surface area contributed by atoms with Gasteiger partial charge in [-0.15, -0.1) is 11.8 Å². The van der Waals surface area contributed by atoms with E-state index in [2.05, 4.69) is 12.2 Å². The average Bonchev–Trinajstić information content (AvgIpc) is 2.43. The molecule has 0 aromatic heterocycles. The predicted octanol–water partition coefficient (Wildman–Crippen LogP) is 2.99. The fourth-order valence-electron chi connectivity index (χ4n) is 2.05. The minimum atomic E-state index is -0.255. The highest BCUT2D eigenvalue weighted by atomic mass is 32.2. The first-order valence-electron chi connectivity index (χ1n) is 6.42. The Balaban J connectivity index is 2.35. The van der Waals surface area contributed by atoms with Gasteiger partial charge >= 0.3 is 0 Å². The Labute approximate surface area is 121 Å². The summed E-state index contributed by atoms with van der Waals surface area (Å²) in [5, 5.41) is 22.6. The molecule has 1 heterocycles. The van der Waals surface area contributed by atoms with Gasteiger partial charge in [-0.3, -0.25) is 10.0 Å². The van der Waals surface area contributed by atoms with Crippen molar-refractivity contribution in [2.45, 2.75) is 36.3 Å². The average molecular weight is 297 g/mol. The molecule has 110 valence electrons. The Morgan fingerprint density at radius 1 is 1.55 bits per heavy atom. The summed E-state index contributed by atoms with van der Waals surface area (Å²) in [6, 6.07) is 3.14. The van der Waals surface area contributed by atoms with Crippen LogP contribution < -0.4 is 15.3 Å². The van der Waals surface area contributed by atoms with E-state index in [9.17, 15) is 10.0 Å². The smallest absolute Gasteiger partial charge is 0.237 e. The van der Waals surface area contributed by atoms with Crippen LogP contribution in [0.5, 0.6) is 5.75 Å². The van der Waals surface area contributed by atoms with Crippen molar-refractivity contribution < 1.29 is 14.7 Å². The Morgan fingerprint density at radius 2 is 2.30 bits per heavy atom. The number of hydrogen-bond acceptors (Lipinski definition) is 6. The Bertz CT molecular complexity index is 507. The lowest BCUT2D eigenvalue weighted by Gasteiger charge is -2.31. The van der Waals surface area contributed by atoms with Gasteiger partial charge in [0.05, 0.1) is 23.7 Å². The second-order valence-corrected chi connectivity index (χ2v) is 5.78. The minimum Gasteiger partial charge on any atom is -0.733 e. The fraction of sp³-hybridized carbons (Fsp3) is 0.462. The number of amides is 1. The van der Waals surface area contributed by atoms with Gasteiger partial charge in [-0.1, -0.05) is 19.8 Å². The molecule has 1 unspecified atom stereocenters. The van der Waals surface area contributed by atoms with Crippen molar-refractivity contribution in [3.05, 3.63) is 17.3 Å². The summed E-state index contributed by atoms with van der Waals surface area (Å²) in [5.41, 5.74) is 0.320. The van der Waals surface area contributed by atoms with E-state index in [1.807, 2.05) is 0 Å². The van der Waals surface area contributed by atoms with Crippen LogP contribution in [0.15, 0.2) is 17.0 Å². The topological polar surface area (TPSA) is 84.9 Å². The molecule has 0 bridgehead atoms. The van der Waals surface area contributed by atoms with Crippen LogP contribution in [0, 0.1) is 5.21 Å². The molecule has 1 aliphatic heterocycles. The molecule has 0 saturated carbocycles. The van der Waals surface area contributed by atoms with Gasteiger partial charge in [-0.2, -0.15) is 0 Å². The minimum absolute atomic E-state index is 0.0193. The molecule has 1 aromatic rings. The maximum Gasteiger partial charge on any atom is 0.237 e. The zero-order valence-electron chi connectivity index (χ0n) is 11.4. The molecular weight excluding hydrogens is 280 g/mol. The molecule has 1 atom stereocenters. The van der Waals surface area contributed by atoms with Crippen molar-refractivity contribution in [1.29, 1.82) is 0 Å². The van der Waals surface area contributed by atoms with E-state index in [0.717, 1.165) is 24.2 Å². The number of thioether (sulfide) groups is 1. The first-order valence-corrected chi connectivity index (χ1v) is 7.30. The second kappa shape index (κ2) is 6.34. The van der Waals surface area contributed by atoms with Crippen molar-refractivity contribution in [2.75, 3.05) is 17.7 Å². The fourth-order valence-corrected chi connectivity index (χ4v) is 3.27. The number of carbonyl (C=O) groups excluding carboxylic acids is 1. The summed E-state index contributed by atoms with van der Waals surface area (Å²) in [6.45, 7) is 2.07. The van der Waals surface area contributed by atoms with E-state index in [-0.39, 0.29) is 22.1 Å². The van der Waals surface area contributed by atoms with Gasteiger partial charge in [0.1, 0.15) is 5.75 Å². The molecule has 0 saturated heterocycles. The lowest BCUT2D eigenvalue weighted by Crippen LogP contribution is -2.30. The highest BCUT2D eigenvalue weighted by Crippen LogP contribution is 2.44. The molecule has 0 radical (unpaired) electrons. The third-order valence-electron chi connectivity index (χ3n) is 3.13. The Morgan fingerprint density at radius 3 is 2.90 bits per heavy atom. The number of rotatable bonds is 5. The molecule has 20 heavy (non-hydrogen) atoms. The molecule has 1 aromatic carbocycles. The van der Waals surface area contributed by atoms with Crippen molar-refractivity contribution >= 4 is 29.0 Å². The van der Waals surface area contributed by atoms with Gasteiger partial charge in [0.2, 0.25) is 5.91 Å². The molecule has 1 aliphatic rings. The van der Waals surface area contributed by atoms with E-state index in [1.54, 1.807) is 6.07 Å². The first kappa shape index (κ1) is 15.0. The van der Waals surface area contributed by atoms with Gasteiger partial charge in [-0.25, -0.2) is 0 Å². The molecule has 1 amide bonds. The van der Waals surface area contributed by atoms with Gasteiger partial charge in [0, 0.05) is 11.0 Å². The van der Waals surface area contributed by atoms with Crippen molar-refractivity contribution in [1.82, 2.24) is 0 Å². The summed E-state index contributed by atoms with van der Waals surface area (Å²) in [6.07, 6.45) is 2.76. The number of ether oxygens (including phenoxy) is 1. The molecule has 0 fully saturated rings. The zero-order valence-corrected chi connectivity index (χ0v) is 12.2. The highest BCUT2D eigenvalue weighted by Gasteiger charge is 2.29. The van der Waals surface area contributed by atoms with Crippen LogP contribution in [0.2, 0.25) is 0 Å². The molecule has 2 N–H and O–H groups in total. The van der Waals surface area contributed by atoms with E-state index < -0.39 is 0 Å². The third-order valence-corrected chi connectivity index (χ3v) is 4.44. The number of methoxy groups -OCH3 is 1. The van der Waals surface area contributed by atoms with Crippen LogP contribution in [0.25, 0.3) is 0 Å².